The molecule has 0 radical (unpaired) electrons. The van der Waals surface area contributed by atoms with Gasteiger partial charge in [0.25, 0.3) is 0 Å². The molecule has 1 amide bonds. The van der Waals surface area contributed by atoms with Crippen molar-refractivity contribution in [3.8, 4) is 11.4 Å². The normalized spacial score (nSPS) is 14.0. The molecule has 5 rings (SSSR count). The average molecular weight is 503 g/mol. The number of aromatic nitrogens is 3. The van der Waals surface area contributed by atoms with Gasteiger partial charge < -0.3 is 14.5 Å². The summed E-state index contributed by atoms with van der Waals surface area (Å²) in [5.74, 6) is 2.99. The first-order chi connectivity index (χ1) is 17.8. The third-order valence-electron chi connectivity index (χ3n) is 6.41. The topological polar surface area (TPSA) is 82.2 Å². The van der Waals surface area contributed by atoms with Gasteiger partial charge in [-0.05, 0) is 60.7 Å². The number of amides is 1. The third-order valence-corrected chi connectivity index (χ3v) is 7.34. The molecule has 0 unspecified atom stereocenters. The zero-order valence-electron chi connectivity index (χ0n) is 20.1. The fourth-order valence-corrected chi connectivity index (χ4v) is 5.32. The maximum Gasteiger partial charge on any atom is 0.230 e. The molecule has 2 aromatic heterocycles. The average Bonchev–Trinajstić information content (AvgIpc) is 3.61. The summed E-state index contributed by atoms with van der Waals surface area (Å²) in [5, 5.41) is 12.2. The van der Waals surface area contributed by atoms with Crippen molar-refractivity contribution < 1.29 is 13.9 Å². The van der Waals surface area contributed by atoms with E-state index in [0.29, 0.717) is 29.2 Å². The number of nitrogens with zero attached hydrogens (tertiary/aromatic N) is 3. The largest absolute Gasteiger partial charge is 0.486 e. The van der Waals surface area contributed by atoms with Crippen LogP contribution in [0.3, 0.4) is 0 Å². The summed E-state index contributed by atoms with van der Waals surface area (Å²) in [6, 6.07) is 22.0. The van der Waals surface area contributed by atoms with E-state index < -0.39 is 0 Å². The SMILES string of the molecule is O=C(CSc1nnc(COc2ccc(C3CCCCC3)cc2)n1-c1ccccc1)NCc1ccco1. The van der Waals surface area contributed by atoms with Crippen LogP contribution < -0.4 is 10.1 Å². The van der Waals surface area contributed by atoms with Crippen LogP contribution in [0.15, 0.2) is 82.6 Å². The molecule has 4 aromatic rings. The zero-order chi connectivity index (χ0) is 24.6. The molecule has 0 spiro atoms. The van der Waals surface area contributed by atoms with E-state index >= 15 is 0 Å². The highest BCUT2D eigenvalue weighted by atomic mass is 32.2. The van der Waals surface area contributed by atoms with E-state index in [1.807, 2.05) is 53.1 Å². The molecule has 1 N–H and O–H groups in total. The molecule has 1 fully saturated rings. The van der Waals surface area contributed by atoms with Gasteiger partial charge in [-0.2, -0.15) is 0 Å². The Kier molecular flexibility index (Phi) is 8.03. The molecular formula is C28H30N4O3S. The summed E-state index contributed by atoms with van der Waals surface area (Å²) in [7, 11) is 0. The number of ether oxygens (including phenoxy) is 1. The highest BCUT2D eigenvalue weighted by molar-refractivity contribution is 7.99. The molecule has 2 aromatic carbocycles. The molecule has 1 saturated carbocycles. The quantitative estimate of drug-likeness (QED) is 0.272. The van der Waals surface area contributed by atoms with E-state index in [0.717, 1.165) is 11.4 Å². The number of para-hydroxylation sites is 1. The summed E-state index contributed by atoms with van der Waals surface area (Å²) >= 11 is 1.34. The molecule has 186 valence electrons. The maximum atomic E-state index is 12.4. The fraction of sp³-hybridized carbons (Fsp3) is 0.321. The second kappa shape index (κ2) is 11.9. The molecule has 2 heterocycles. The van der Waals surface area contributed by atoms with Crippen molar-refractivity contribution >= 4 is 17.7 Å². The number of carbonyl (C=O) groups is 1. The summed E-state index contributed by atoms with van der Waals surface area (Å²) in [4.78, 5) is 12.4. The van der Waals surface area contributed by atoms with Crippen LogP contribution in [0.1, 0.15) is 55.2 Å². The van der Waals surface area contributed by atoms with Gasteiger partial charge in [-0.25, -0.2) is 0 Å². The minimum atomic E-state index is -0.102. The first-order valence-electron chi connectivity index (χ1n) is 12.4. The van der Waals surface area contributed by atoms with Crippen molar-refractivity contribution in [2.45, 2.75) is 56.3 Å². The number of benzene rings is 2. The Morgan fingerprint density at radius 2 is 1.81 bits per heavy atom. The van der Waals surface area contributed by atoms with Crippen LogP contribution in [0.4, 0.5) is 0 Å². The van der Waals surface area contributed by atoms with E-state index in [1.165, 1.54) is 49.4 Å². The van der Waals surface area contributed by atoms with Gasteiger partial charge in [0.05, 0.1) is 18.6 Å². The van der Waals surface area contributed by atoms with E-state index in [-0.39, 0.29) is 18.3 Å². The minimum absolute atomic E-state index is 0.102. The Labute approximate surface area is 215 Å². The number of rotatable bonds is 10. The van der Waals surface area contributed by atoms with Crippen molar-refractivity contribution in [3.63, 3.8) is 0 Å². The maximum absolute atomic E-state index is 12.4. The number of nitrogens with one attached hydrogen (secondary N) is 1. The predicted molar refractivity (Wildman–Crippen MR) is 139 cm³/mol. The van der Waals surface area contributed by atoms with Crippen LogP contribution >= 0.6 is 11.8 Å². The van der Waals surface area contributed by atoms with E-state index in [1.54, 1.807) is 12.3 Å². The summed E-state index contributed by atoms with van der Waals surface area (Å²) < 4.78 is 13.3. The molecular weight excluding hydrogens is 472 g/mol. The van der Waals surface area contributed by atoms with Crippen LogP contribution in [0.5, 0.6) is 5.75 Å². The Morgan fingerprint density at radius 3 is 2.56 bits per heavy atom. The number of furan rings is 1. The number of carbonyl (C=O) groups excluding carboxylic acids is 1. The van der Waals surface area contributed by atoms with Crippen molar-refractivity contribution in [2.24, 2.45) is 0 Å². The Hall–Kier alpha value is -3.52. The van der Waals surface area contributed by atoms with Crippen molar-refractivity contribution in [2.75, 3.05) is 5.75 Å². The predicted octanol–water partition coefficient (Wildman–Crippen LogP) is 5.90. The van der Waals surface area contributed by atoms with Gasteiger partial charge in [0.1, 0.15) is 18.1 Å². The lowest BCUT2D eigenvalue weighted by atomic mass is 9.84. The number of hydrogen-bond donors (Lipinski definition) is 1. The van der Waals surface area contributed by atoms with E-state index in [9.17, 15) is 4.79 Å². The van der Waals surface area contributed by atoms with Crippen LogP contribution in [0.25, 0.3) is 5.69 Å². The zero-order valence-corrected chi connectivity index (χ0v) is 21.0. The van der Waals surface area contributed by atoms with Gasteiger partial charge in [0.2, 0.25) is 5.91 Å². The molecule has 1 aliphatic carbocycles. The molecule has 36 heavy (non-hydrogen) atoms. The van der Waals surface area contributed by atoms with Gasteiger partial charge in [-0.1, -0.05) is 61.4 Å². The van der Waals surface area contributed by atoms with Gasteiger partial charge in [-0.3, -0.25) is 9.36 Å². The highest BCUT2D eigenvalue weighted by Gasteiger charge is 2.18. The fourth-order valence-electron chi connectivity index (χ4n) is 4.52. The van der Waals surface area contributed by atoms with Crippen LogP contribution in [-0.4, -0.2) is 26.4 Å². The summed E-state index contributed by atoms with van der Waals surface area (Å²) in [5.41, 5.74) is 2.32. The first-order valence-corrected chi connectivity index (χ1v) is 13.4. The van der Waals surface area contributed by atoms with Crippen LogP contribution in [0, 0.1) is 0 Å². The van der Waals surface area contributed by atoms with Gasteiger partial charge in [0.15, 0.2) is 11.0 Å². The molecule has 8 heteroatoms. The lowest BCUT2D eigenvalue weighted by molar-refractivity contribution is -0.118. The molecule has 0 atom stereocenters. The monoisotopic (exact) mass is 502 g/mol. The summed E-state index contributed by atoms with van der Waals surface area (Å²) in [6.45, 7) is 0.631. The molecule has 7 nitrogen and oxygen atoms in total. The molecule has 1 aliphatic rings. The number of hydrogen-bond acceptors (Lipinski definition) is 6. The van der Waals surface area contributed by atoms with E-state index in [4.69, 9.17) is 9.15 Å². The van der Waals surface area contributed by atoms with E-state index in [2.05, 4.69) is 27.6 Å². The lowest BCUT2D eigenvalue weighted by Crippen LogP contribution is -2.24. The van der Waals surface area contributed by atoms with Gasteiger partial charge >= 0.3 is 0 Å². The minimum Gasteiger partial charge on any atom is -0.486 e. The van der Waals surface area contributed by atoms with Crippen LogP contribution in [0.2, 0.25) is 0 Å². The lowest BCUT2D eigenvalue weighted by Gasteiger charge is -2.22. The Bertz CT molecular complexity index is 1230. The van der Waals surface area contributed by atoms with Crippen molar-refractivity contribution in [3.05, 3.63) is 90.1 Å². The highest BCUT2D eigenvalue weighted by Crippen LogP contribution is 2.33. The second-order valence-electron chi connectivity index (χ2n) is 8.91. The summed E-state index contributed by atoms with van der Waals surface area (Å²) in [6.07, 6.45) is 8.15. The van der Waals surface area contributed by atoms with Crippen LogP contribution in [-0.2, 0) is 17.9 Å². The first kappa shape index (κ1) is 24.2. The van der Waals surface area contributed by atoms with Crippen molar-refractivity contribution in [1.29, 1.82) is 0 Å². The Balaban J connectivity index is 1.24. The van der Waals surface area contributed by atoms with Gasteiger partial charge in [0, 0.05) is 5.69 Å². The smallest absolute Gasteiger partial charge is 0.230 e. The standard InChI is InChI=1S/C28H30N4O3S/c33-27(29-18-25-12-7-17-34-25)20-36-28-31-30-26(32(28)23-10-5-2-6-11-23)19-35-24-15-13-22(14-16-24)21-8-3-1-4-9-21/h2,5-7,10-17,21H,1,3-4,8-9,18-20H2,(H,29,33). The third kappa shape index (κ3) is 6.18. The molecule has 0 saturated heterocycles. The Morgan fingerprint density at radius 1 is 1.00 bits per heavy atom. The second-order valence-corrected chi connectivity index (χ2v) is 9.85. The molecule has 0 bridgehead atoms. The van der Waals surface area contributed by atoms with Gasteiger partial charge in [-0.15, -0.1) is 10.2 Å². The van der Waals surface area contributed by atoms with Crippen molar-refractivity contribution in [1.82, 2.24) is 20.1 Å². The molecule has 0 aliphatic heterocycles. The number of thioether (sulfide) groups is 1.